The predicted octanol–water partition coefficient (Wildman–Crippen LogP) is 3.33. The third-order valence-corrected chi connectivity index (χ3v) is 2.33. The van der Waals surface area contributed by atoms with E-state index in [-0.39, 0.29) is 6.07 Å². The predicted molar refractivity (Wildman–Crippen MR) is 71.7 cm³/mol. The van der Waals surface area contributed by atoms with Crippen LogP contribution in [0.3, 0.4) is 0 Å². The molecule has 21 heavy (non-hydrogen) atoms. The van der Waals surface area contributed by atoms with Crippen molar-refractivity contribution in [2.75, 3.05) is 0 Å². The Balaban J connectivity index is 3.45. The van der Waals surface area contributed by atoms with E-state index in [1.54, 1.807) is 20.8 Å². The lowest BCUT2D eigenvalue weighted by atomic mass is 10.1. The first-order chi connectivity index (χ1) is 9.53. The smallest absolute Gasteiger partial charge is 0.341 e. The Hall–Kier alpha value is -2.31. The Kier molecular flexibility index (Phi) is 4.77. The number of halogens is 3. The largest absolute Gasteiger partial charge is 0.506 e. The second-order valence-electron chi connectivity index (χ2n) is 5.24. The third kappa shape index (κ3) is 4.34. The highest BCUT2D eigenvalue weighted by Crippen LogP contribution is 2.22. The van der Waals surface area contributed by atoms with Gasteiger partial charge in [-0.05, 0) is 26.8 Å². The molecule has 1 rings (SSSR count). The molecule has 114 valence electrons. The maximum Gasteiger partial charge on any atom is 0.341 e. The van der Waals surface area contributed by atoms with E-state index in [9.17, 15) is 23.1 Å². The fourth-order valence-electron chi connectivity index (χ4n) is 1.32. The lowest BCUT2D eigenvalue weighted by Gasteiger charge is -2.11. The van der Waals surface area contributed by atoms with Crippen LogP contribution in [0.4, 0.5) is 13.2 Å². The molecule has 0 fully saturated rings. The van der Waals surface area contributed by atoms with Crippen LogP contribution in [-0.2, 0) is 4.79 Å². The van der Waals surface area contributed by atoms with Crippen molar-refractivity contribution in [1.82, 2.24) is 0 Å². The zero-order chi connectivity index (χ0) is 16.4. The van der Waals surface area contributed by atoms with Gasteiger partial charge in [-0.2, -0.15) is 0 Å². The summed E-state index contributed by atoms with van der Waals surface area (Å²) in [5, 5.41) is 18.8. The standard InChI is InChI=1S/C14H14F3NO3/c1-14(2,3)18-6-8(13(20)21)12(19)7-4-10(16)11(17)5-9(7)15/h4-6,19H,1-3H3,(H,20,21)/b12-8-,18-6?. The summed E-state index contributed by atoms with van der Waals surface area (Å²) in [5.41, 5.74) is -2.12. The molecule has 1 aromatic carbocycles. The maximum absolute atomic E-state index is 13.5. The van der Waals surface area contributed by atoms with Gasteiger partial charge in [-0.15, -0.1) is 0 Å². The zero-order valence-electron chi connectivity index (χ0n) is 11.6. The van der Waals surface area contributed by atoms with Crippen LogP contribution in [0.25, 0.3) is 5.76 Å². The number of carboxylic acid groups (broad SMARTS) is 1. The molecule has 0 aromatic heterocycles. The number of benzene rings is 1. The number of hydrogen-bond donors (Lipinski definition) is 2. The van der Waals surface area contributed by atoms with Crippen LogP contribution in [0.15, 0.2) is 22.7 Å². The van der Waals surface area contributed by atoms with E-state index in [0.29, 0.717) is 6.07 Å². The first-order valence-corrected chi connectivity index (χ1v) is 5.89. The lowest BCUT2D eigenvalue weighted by Crippen LogP contribution is -2.13. The molecule has 0 aliphatic rings. The molecule has 0 atom stereocenters. The van der Waals surface area contributed by atoms with E-state index in [2.05, 4.69) is 4.99 Å². The van der Waals surface area contributed by atoms with Gasteiger partial charge in [0, 0.05) is 12.3 Å². The number of nitrogens with zero attached hydrogens (tertiary/aromatic N) is 1. The molecule has 0 spiro atoms. The van der Waals surface area contributed by atoms with Gasteiger partial charge < -0.3 is 10.2 Å². The van der Waals surface area contributed by atoms with Crippen molar-refractivity contribution >= 4 is 17.9 Å². The van der Waals surface area contributed by atoms with Gasteiger partial charge in [0.1, 0.15) is 17.1 Å². The number of aliphatic carboxylic acids is 1. The Labute approximate surface area is 119 Å². The molecule has 0 saturated heterocycles. The SMILES string of the molecule is CC(C)(C)N=C/C(C(=O)O)=C(/O)c1cc(F)c(F)cc1F. The number of aliphatic imine (C=N–C) groups is 1. The number of carboxylic acids is 1. The molecule has 1 aromatic rings. The van der Waals surface area contributed by atoms with Crippen LogP contribution in [0.1, 0.15) is 26.3 Å². The highest BCUT2D eigenvalue weighted by atomic mass is 19.2. The molecule has 2 N–H and O–H groups in total. The minimum absolute atomic E-state index is 0.223. The van der Waals surface area contributed by atoms with Gasteiger partial charge in [-0.1, -0.05) is 0 Å². The third-order valence-electron chi connectivity index (χ3n) is 2.33. The first-order valence-electron chi connectivity index (χ1n) is 5.89. The van der Waals surface area contributed by atoms with Gasteiger partial charge in [-0.3, -0.25) is 4.99 Å². The fraction of sp³-hybridized carbons (Fsp3) is 0.286. The molecule has 0 heterocycles. The van der Waals surface area contributed by atoms with Crippen molar-refractivity contribution in [1.29, 1.82) is 0 Å². The van der Waals surface area contributed by atoms with Gasteiger partial charge in [-0.25, -0.2) is 18.0 Å². The molecule has 0 aliphatic heterocycles. The summed E-state index contributed by atoms with van der Waals surface area (Å²) >= 11 is 0. The van der Waals surface area contributed by atoms with Crippen LogP contribution in [0.5, 0.6) is 0 Å². The Morgan fingerprint density at radius 1 is 1.10 bits per heavy atom. The number of carbonyl (C=O) groups is 1. The van der Waals surface area contributed by atoms with Crippen molar-refractivity contribution in [2.24, 2.45) is 4.99 Å². The van der Waals surface area contributed by atoms with E-state index in [1.165, 1.54) is 0 Å². The van der Waals surface area contributed by atoms with Crippen LogP contribution < -0.4 is 0 Å². The van der Waals surface area contributed by atoms with Gasteiger partial charge in [0.05, 0.1) is 11.1 Å². The average Bonchev–Trinajstić information content (AvgIpc) is 2.31. The Morgan fingerprint density at radius 3 is 2.10 bits per heavy atom. The Morgan fingerprint density at radius 2 is 1.62 bits per heavy atom. The number of hydrogen-bond acceptors (Lipinski definition) is 3. The van der Waals surface area contributed by atoms with Crippen LogP contribution >= 0.6 is 0 Å². The summed E-state index contributed by atoms with van der Waals surface area (Å²) in [5.74, 6) is -6.74. The van der Waals surface area contributed by atoms with E-state index in [0.717, 1.165) is 6.21 Å². The Bertz CT molecular complexity index is 631. The minimum atomic E-state index is -1.58. The first kappa shape index (κ1) is 16.7. The fourth-order valence-corrected chi connectivity index (χ4v) is 1.32. The summed E-state index contributed by atoms with van der Waals surface area (Å²) in [6.45, 7) is 5.04. The van der Waals surface area contributed by atoms with E-state index in [1.807, 2.05) is 0 Å². The summed E-state index contributed by atoms with van der Waals surface area (Å²) in [7, 11) is 0. The molecule has 0 saturated carbocycles. The van der Waals surface area contributed by atoms with E-state index >= 15 is 0 Å². The summed E-state index contributed by atoms with van der Waals surface area (Å²) in [6, 6.07) is 0.606. The highest BCUT2D eigenvalue weighted by Gasteiger charge is 2.20. The molecule has 4 nitrogen and oxygen atoms in total. The molecule has 0 bridgehead atoms. The maximum atomic E-state index is 13.5. The van der Waals surface area contributed by atoms with Crippen LogP contribution in [0.2, 0.25) is 0 Å². The summed E-state index contributed by atoms with van der Waals surface area (Å²) in [4.78, 5) is 15.0. The molecule has 0 radical (unpaired) electrons. The van der Waals surface area contributed by atoms with E-state index in [4.69, 9.17) is 5.11 Å². The van der Waals surface area contributed by atoms with Crippen LogP contribution in [0, 0.1) is 17.5 Å². The molecule has 0 aliphatic carbocycles. The molecule has 0 amide bonds. The van der Waals surface area contributed by atoms with Crippen molar-refractivity contribution in [3.8, 4) is 0 Å². The summed E-state index contributed by atoms with van der Waals surface area (Å²) in [6.07, 6.45) is 0.846. The topological polar surface area (TPSA) is 69.9 Å². The van der Waals surface area contributed by atoms with Crippen molar-refractivity contribution < 1.29 is 28.2 Å². The van der Waals surface area contributed by atoms with Crippen molar-refractivity contribution in [2.45, 2.75) is 26.3 Å². The van der Waals surface area contributed by atoms with Gasteiger partial charge in [0.25, 0.3) is 0 Å². The molecule has 7 heteroatoms. The second kappa shape index (κ2) is 5.99. The van der Waals surface area contributed by atoms with Gasteiger partial charge in [0.15, 0.2) is 11.6 Å². The van der Waals surface area contributed by atoms with Crippen molar-refractivity contribution in [3.05, 3.63) is 40.7 Å². The van der Waals surface area contributed by atoms with Gasteiger partial charge in [0.2, 0.25) is 0 Å². The molecular formula is C14H14F3NO3. The molecule has 0 unspecified atom stereocenters. The van der Waals surface area contributed by atoms with Crippen LogP contribution in [-0.4, -0.2) is 27.9 Å². The van der Waals surface area contributed by atoms with Crippen molar-refractivity contribution in [3.63, 3.8) is 0 Å². The highest BCUT2D eigenvalue weighted by molar-refractivity contribution is 6.14. The number of rotatable bonds is 3. The number of aliphatic hydroxyl groups is 1. The minimum Gasteiger partial charge on any atom is -0.506 e. The quantitative estimate of drug-likeness (QED) is 0.389. The average molecular weight is 301 g/mol. The zero-order valence-corrected chi connectivity index (χ0v) is 11.6. The number of aliphatic hydroxyl groups excluding tert-OH is 1. The second-order valence-corrected chi connectivity index (χ2v) is 5.24. The molecular weight excluding hydrogens is 287 g/mol. The lowest BCUT2D eigenvalue weighted by molar-refractivity contribution is -0.132. The van der Waals surface area contributed by atoms with E-state index < -0.39 is 45.9 Å². The monoisotopic (exact) mass is 301 g/mol. The normalized spacial score (nSPS) is 13.4. The van der Waals surface area contributed by atoms with Gasteiger partial charge >= 0.3 is 5.97 Å². The summed E-state index contributed by atoms with van der Waals surface area (Å²) < 4.78 is 39.5.